The Balaban J connectivity index is 2.09. The van der Waals surface area contributed by atoms with Crippen molar-refractivity contribution in [2.24, 2.45) is 5.92 Å². The lowest BCUT2D eigenvalue weighted by Gasteiger charge is -2.25. The summed E-state index contributed by atoms with van der Waals surface area (Å²) in [7, 11) is 1.34. The number of nitrogens with one attached hydrogen (secondary N) is 1. The number of ether oxygens (including phenoxy) is 1. The molecule has 0 aliphatic heterocycles. The highest BCUT2D eigenvalue weighted by Gasteiger charge is 2.19. The minimum Gasteiger partial charge on any atom is -0.465 e. The van der Waals surface area contributed by atoms with Crippen LogP contribution in [0, 0.1) is 5.92 Å². The van der Waals surface area contributed by atoms with Crippen molar-refractivity contribution in [2.45, 2.75) is 25.7 Å². The third-order valence-electron chi connectivity index (χ3n) is 3.60. The van der Waals surface area contributed by atoms with Crippen LogP contribution in [0.2, 0.25) is 5.02 Å². The van der Waals surface area contributed by atoms with E-state index in [0.29, 0.717) is 22.0 Å². The number of esters is 1. The summed E-state index contributed by atoms with van der Waals surface area (Å²) in [6.45, 7) is 0.804. The summed E-state index contributed by atoms with van der Waals surface area (Å²) in [6, 6.07) is 3.23. The zero-order valence-electron chi connectivity index (χ0n) is 11.0. The SMILES string of the molecule is COC(=O)c1cc(N)cc(Cl)c1NCCC1CCC1. The fraction of sp³-hybridized carbons (Fsp3) is 0.500. The molecule has 0 atom stereocenters. The summed E-state index contributed by atoms with van der Waals surface area (Å²) < 4.78 is 4.75. The summed E-state index contributed by atoms with van der Waals surface area (Å²) in [6.07, 6.45) is 5.05. The van der Waals surface area contributed by atoms with Gasteiger partial charge in [-0.05, 0) is 24.5 Å². The van der Waals surface area contributed by atoms with Crippen molar-refractivity contribution in [3.05, 3.63) is 22.7 Å². The van der Waals surface area contributed by atoms with Crippen LogP contribution in [-0.2, 0) is 4.74 Å². The van der Waals surface area contributed by atoms with Crippen molar-refractivity contribution in [2.75, 3.05) is 24.7 Å². The molecular formula is C14H19ClN2O2. The van der Waals surface area contributed by atoms with Gasteiger partial charge in [0.1, 0.15) is 0 Å². The summed E-state index contributed by atoms with van der Waals surface area (Å²) in [5, 5.41) is 3.69. The molecule has 19 heavy (non-hydrogen) atoms. The Kier molecular flexibility index (Phi) is 4.53. The molecule has 0 amide bonds. The number of hydrogen-bond donors (Lipinski definition) is 2. The van der Waals surface area contributed by atoms with Gasteiger partial charge in [0, 0.05) is 12.2 Å². The molecule has 0 heterocycles. The van der Waals surface area contributed by atoms with Crippen molar-refractivity contribution in [3.63, 3.8) is 0 Å². The van der Waals surface area contributed by atoms with Crippen LogP contribution >= 0.6 is 11.6 Å². The van der Waals surface area contributed by atoms with Gasteiger partial charge < -0.3 is 15.8 Å². The first-order chi connectivity index (χ1) is 9.11. The molecule has 1 aromatic rings. The fourth-order valence-corrected chi connectivity index (χ4v) is 2.56. The highest BCUT2D eigenvalue weighted by Crippen LogP contribution is 2.32. The molecule has 0 unspecified atom stereocenters. The lowest BCUT2D eigenvalue weighted by molar-refractivity contribution is 0.0602. The van der Waals surface area contributed by atoms with E-state index in [1.807, 2.05) is 0 Å². The van der Waals surface area contributed by atoms with Gasteiger partial charge in [-0.1, -0.05) is 30.9 Å². The van der Waals surface area contributed by atoms with E-state index in [4.69, 9.17) is 22.1 Å². The second kappa shape index (κ2) is 6.15. The van der Waals surface area contributed by atoms with Gasteiger partial charge in [-0.3, -0.25) is 0 Å². The van der Waals surface area contributed by atoms with Crippen LogP contribution in [0.25, 0.3) is 0 Å². The van der Waals surface area contributed by atoms with Gasteiger partial charge in [-0.15, -0.1) is 0 Å². The number of hydrogen-bond acceptors (Lipinski definition) is 4. The van der Waals surface area contributed by atoms with Crippen LogP contribution in [0.5, 0.6) is 0 Å². The number of nitrogens with two attached hydrogens (primary N) is 1. The van der Waals surface area contributed by atoms with E-state index in [-0.39, 0.29) is 0 Å². The molecule has 0 aromatic heterocycles. The smallest absolute Gasteiger partial charge is 0.340 e. The summed E-state index contributed by atoms with van der Waals surface area (Å²) in [4.78, 5) is 11.7. The first kappa shape index (κ1) is 14.0. The molecular weight excluding hydrogens is 264 g/mol. The monoisotopic (exact) mass is 282 g/mol. The van der Waals surface area contributed by atoms with Crippen molar-refractivity contribution >= 4 is 28.9 Å². The number of benzene rings is 1. The quantitative estimate of drug-likeness (QED) is 0.642. The Hall–Kier alpha value is -1.42. The van der Waals surface area contributed by atoms with Gasteiger partial charge in [-0.25, -0.2) is 4.79 Å². The van der Waals surface area contributed by atoms with Gasteiger partial charge >= 0.3 is 5.97 Å². The molecule has 1 saturated carbocycles. The third-order valence-corrected chi connectivity index (χ3v) is 3.90. The molecule has 2 rings (SSSR count). The maximum atomic E-state index is 11.7. The summed E-state index contributed by atoms with van der Waals surface area (Å²) >= 11 is 6.15. The predicted octanol–water partition coefficient (Wildman–Crippen LogP) is 3.31. The van der Waals surface area contributed by atoms with Crippen LogP contribution in [0.3, 0.4) is 0 Å². The minimum atomic E-state index is -0.430. The average Bonchev–Trinajstić information content (AvgIpc) is 2.32. The maximum Gasteiger partial charge on any atom is 0.340 e. The Morgan fingerprint density at radius 3 is 2.84 bits per heavy atom. The van der Waals surface area contributed by atoms with Gasteiger partial charge in [0.15, 0.2) is 0 Å². The molecule has 1 fully saturated rings. The predicted molar refractivity (Wildman–Crippen MR) is 77.7 cm³/mol. The lowest BCUT2D eigenvalue weighted by Crippen LogP contribution is -2.17. The second-order valence-electron chi connectivity index (χ2n) is 4.93. The molecule has 1 aliphatic carbocycles. The van der Waals surface area contributed by atoms with E-state index >= 15 is 0 Å². The number of nitrogen functional groups attached to an aromatic ring is 1. The van der Waals surface area contributed by atoms with Gasteiger partial charge in [0.05, 0.1) is 23.4 Å². The van der Waals surface area contributed by atoms with Crippen molar-refractivity contribution < 1.29 is 9.53 Å². The van der Waals surface area contributed by atoms with Gasteiger partial charge in [0.25, 0.3) is 0 Å². The van der Waals surface area contributed by atoms with E-state index in [1.54, 1.807) is 12.1 Å². The van der Waals surface area contributed by atoms with E-state index in [9.17, 15) is 4.79 Å². The van der Waals surface area contributed by atoms with Crippen LogP contribution in [0.15, 0.2) is 12.1 Å². The van der Waals surface area contributed by atoms with E-state index in [1.165, 1.54) is 26.4 Å². The second-order valence-corrected chi connectivity index (χ2v) is 5.34. The van der Waals surface area contributed by atoms with Crippen LogP contribution in [0.1, 0.15) is 36.0 Å². The Bertz CT molecular complexity index is 473. The maximum absolute atomic E-state index is 11.7. The molecule has 5 heteroatoms. The number of anilines is 2. The normalized spacial score (nSPS) is 14.8. The Morgan fingerprint density at radius 1 is 1.53 bits per heavy atom. The molecule has 104 valence electrons. The third kappa shape index (κ3) is 3.32. The number of carbonyl (C=O) groups excluding carboxylic acids is 1. The van der Waals surface area contributed by atoms with Crippen LogP contribution in [-0.4, -0.2) is 19.6 Å². The zero-order chi connectivity index (χ0) is 13.8. The summed E-state index contributed by atoms with van der Waals surface area (Å²) in [5.74, 6) is 0.377. The Morgan fingerprint density at radius 2 is 2.26 bits per heavy atom. The van der Waals surface area contributed by atoms with Gasteiger partial charge in [0.2, 0.25) is 0 Å². The first-order valence-electron chi connectivity index (χ1n) is 6.53. The van der Waals surface area contributed by atoms with Crippen LogP contribution in [0.4, 0.5) is 11.4 Å². The number of rotatable bonds is 5. The number of halogens is 1. The number of carbonyl (C=O) groups is 1. The minimum absolute atomic E-state index is 0.390. The van der Waals surface area contributed by atoms with E-state index < -0.39 is 5.97 Å². The van der Waals surface area contributed by atoms with E-state index in [0.717, 1.165) is 18.9 Å². The molecule has 0 radical (unpaired) electrons. The standard InChI is InChI=1S/C14H19ClN2O2/c1-19-14(18)11-7-10(16)8-12(15)13(11)17-6-5-9-3-2-4-9/h7-9,17H,2-6,16H2,1H3. The van der Waals surface area contributed by atoms with Crippen LogP contribution < -0.4 is 11.1 Å². The molecule has 1 aliphatic rings. The average molecular weight is 283 g/mol. The molecule has 0 bridgehead atoms. The van der Waals surface area contributed by atoms with Crippen molar-refractivity contribution in [3.8, 4) is 0 Å². The lowest BCUT2D eigenvalue weighted by atomic mass is 9.83. The highest BCUT2D eigenvalue weighted by atomic mass is 35.5. The number of methoxy groups -OCH3 is 1. The molecule has 3 N–H and O–H groups in total. The largest absolute Gasteiger partial charge is 0.465 e. The van der Waals surface area contributed by atoms with Crippen molar-refractivity contribution in [1.82, 2.24) is 0 Å². The molecule has 0 saturated heterocycles. The fourth-order valence-electron chi connectivity index (χ4n) is 2.26. The molecule has 4 nitrogen and oxygen atoms in total. The topological polar surface area (TPSA) is 64.3 Å². The molecule has 1 aromatic carbocycles. The molecule has 0 spiro atoms. The zero-order valence-corrected chi connectivity index (χ0v) is 11.8. The van der Waals surface area contributed by atoms with Crippen molar-refractivity contribution in [1.29, 1.82) is 0 Å². The van der Waals surface area contributed by atoms with E-state index in [2.05, 4.69) is 5.32 Å². The highest BCUT2D eigenvalue weighted by molar-refractivity contribution is 6.34. The van der Waals surface area contributed by atoms with Gasteiger partial charge in [-0.2, -0.15) is 0 Å². The Labute approximate surface area is 118 Å². The first-order valence-corrected chi connectivity index (χ1v) is 6.91. The summed E-state index contributed by atoms with van der Waals surface area (Å²) in [5.41, 5.74) is 7.16.